The Morgan fingerprint density at radius 1 is 1.45 bits per heavy atom. The summed E-state index contributed by atoms with van der Waals surface area (Å²) in [7, 11) is 0. The highest BCUT2D eigenvalue weighted by atomic mass is 16.2. The number of amides is 1. The van der Waals surface area contributed by atoms with Gasteiger partial charge in [-0.3, -0.25) is 9.69 Å². The van der Waals surface area contributed by atoms with Gasteiger partial charge in [-0.25, -0.2) is 4.98 Å². The molecule has 1 aromatic rings. The van der Waals surface area contributed by atoms with Crippen LogP contribution in [0.2, 0.25) is 0 Å². The summed E-state index contributed by atoms with van der Waals surface area (Å²) in [5.41, 5.74) is 0.695. The second-order valence-electron chi connectivity index (χ2n) is 5.51. The molecular weight excluding hydrogens is 252 g/mol. The molecule has 2 fully saturated rings. The predicted molar refractivity (Wildman–Crippen MR) is 78.9 cm³/mol. The van der Waals surface area contributed by atoms with E-state index < -0.39 is 0 Å². The summed E-state index contributed by atoms with van der Waals surface area (Å²) >= 11 is 0. The molecule has 1 atom stereocenters. The van der Waals surface area contributed by atoms with Crippen molar-refractivity contribution >= 4 is 11.7 Å². The zero-order valence-corrected chi connectivity index (χ0v) is 12.0. The van der Waals surface area contributed by atoms with Gasteiger partial charge in [0.1, 0.15) is 5.82 Å². The number of carbonyl (C=O) groups excluding carboxylic acids is 1. The van der Waals surface area contributed by atoms with E-state index in [0.29, 0.717) is 17.4 Å². The summed E-state index contributed by atoms with van der Waals surface area (Å²) in [4.78, 5) is 21.5. The molecule has 0 spiro atoms. The first kappa shape index (κ1) is 13.4. The van der Waals surface area contributed by atoms with Crippen molar-refractivity contribution in [2.24, 2.45) is 0 Å². The lowest BCUT2D eigenvalue weighted by Gasteiger charge is -2.37. The van der Waals surface area contributed by atoms with Gasteiger partial charge in [-0.2, -0.15) is 0 Å². The number of rotatable bonds is 3. The number of anilines is 1. The molecule has 20 heavy (non-hydrogen) atoms. The number of piperazine rings is 1. The number of nitrogens with zero attached hydrogens (tertiary/aromatic N) is 3. The Kier molecular flexibility index (Phi) is 3.87. The van der Waals surface area contributed by atoms with Crippen molar-refractivity contribution in [1.82, 2.24) is 14.8 Å². The Labute approximate surface area is 120 Å². The van der Waals surface area contributed by atoms with Crippen molar-refractivity contribution < 1.29 is 4.79 Å². The minimum atomic E-state index is 0.112. The van der Waals surface area contributed by atoms with Gasteiger partial charge in [0, 0.05) is 38.4 Å². The van der Waals surface area contributed by atoms with Crippen molar-refractivity contribution in [3.8, 4) is 0 Å². The van der Waals surface area contributed by atoms with E-state index >= 15 is 0 Å². The van der Waals surface area contributed by atoms with E-state index in [1.807, 2.05) is 24.0 Å². The molecule has 1 aromatic heterocycles. The largest absolute Gasteiger partial charge is 0.370 e. The Balaban J connectivity index is 1.75. The van der Waals surface area contributed by atoms with Gasteiger partial charge in [-0.15, -0.1) is 0 Å². The Morgan fingerprint density at radius 3 is 3.20 bits per heavy atom. The normalized spacial score (nSPS) is 22.6. The maximum absolute atomic E-state index is 12.7. The van der Waals surface area contributed by atoms with Gasteiger partial charge in [0.15, 0.2) is 0 Å². The van der Waals surface area contributed by atoms with Crippen LogP contribution in [0.1, 0.15) is 30.1 Å². The molecule has 1 N–H and O–H groups in total. The van der Waals surface area contributed by atoms with Crippen LogP contribution in [0.3, 0.4) is 0 Å². The van der Waals surface area contributed by atoms with Gasteiger partial charge in [0.25, 0.3) is 5.91 Å². The van der Waals surface area contributed by atoms with Crippen LogP contribution in [0, 0.1) is 0 Å². The van der Waals surface area contributed by atoms with Crippen LogP contribution in [-0.2, 0) is 0 Å². The molecule has 1 unspecified atom stereocenters. The second kappa shape index (κ2) is 5.79. The average Bonchev–Trinajstić information content (AvgIpc) is 2.95. The first-order chi connectivity index (χ1) is 9.79. The van der Waals surface area contributed by atoms with Crippen molar-refractivity contribution in [1.29, 1.82) is 0 Å². The van der Waals surface area contributed by atoms with Crippen molar-refractivity contribution in [2.45, 2.75) is 25.8 Å². The van der Waals surface area contributed by atoms with Crippen LogP contribution in [0.5, 0.6) is 0 Å². The molecule has 3 rings (SSSR count). The highest BCUT2D eigenvalue weighted by Crippen LogP contribution is 2.23. The lowest BCUT2D eigenvalue weighted by atomic mass is 10.1. The van der Waals surface area contributed by atoms with E-state index in [-0.39, 0.29) is 5.91 Å². The van der Waals surface area contributed by atoms with E-state index in [4.69, 9.17) is 0 Å². The molecule has 0 radical (unpaired) electrons. The van der Waals surface area contributed by atoms with Crippen molar-refractivity contribution in [3.05, 3.63) is 23.9 Å². The molecule has 108 valence electrons. The Bertz CT molecular complexity index is 491. The van der Waals surface area contributed by atoms with Crippen LogP contribution >= 0.6 is 0 Å². The molecule has 0 aromatic carbocycles. The van der Waals surface area contributed by atoms with Gasteiger partial charge in [0.2, 0.25) is 0 Å². The summed E-state index contributed by atoms with van der Waals surface area (Å²) in [5.74, 6) is 0.814. The van der Waals surface area contributed by atoms with Crippen molar-refractivity contribution in [2.75, 3.05) is 38.0 Å². The fourth-order valence-corrected chi connectivity index (χ4v) is 3.23. The molecule has 0 saturated carbocycles. The fraction of sp³-hybridized carbons (Fsp3) is 0.600. The first-order valence-electron chi connectivity index (χ1n) is 7.52. The van der Waals surface area contributed by atoms with Crippen LogP contribution in [0.15, 0.2) is 18.3 Å². The molecule has 2 aliphatic rings. The quantitative estimate of drug-likeness (QED) is 0.906. The molecule has 5 heteroatoms. The van der Waals surface area contributed by atoms with Crippen LogP contribution < -0.4 is 5.32 Å². The lowest BCUT2D eigenvalue weighted by Crippen LogP contribution is -2.52. The van der Waals surface area contributed by atoms with Gasteiger partial charge in [0.05, 0.1) is 5.56 Å². The van der Waals surface area contributed by atoms with Gasteiger partial charge < -0.3 is 10.2 Å². The van der Waals surface area contributed by atoms with Crippen LogP contribution in [-0.4, -0.2) is 59.5 Å². The Hall–Kier alpha value is -1.62. The summed E-state index contributed by atoms with van der Waals surface area (Å²) in [6.45, 7) is 6.68. The van der Waals surface area contributed by atoms with Gasteiger partial charge >= 0.3 is 0 Å². The van der Waals surface area contributed by atoms with Gasteiger partial charge in [-0.05, 0) is 38.4 Å². The number of carbonyl (C=O) groups is 1. The van der Waals surface area contributed by atoms with Crippen molar-refractivity contribution in [3.63, 3.8) is 0 Å². The van der Waals surface area contributed by atoms with Crippen LogP contribution in [0.4, 0.5) is 5.82 Å². The zero-order chi connectivity index (χ0) is 13.9. The number of aromatic nitrogens is 1. The smallest absolute Gasteiger partial charge is 0.257 e. The topological polar surface area (TPSA) is 48.5 Å². The van der Waals surface area contributed by atoms with E-state index in [9.17, 15) is 4.79 Å². The minimum absolute atomic E-state index is 0.112. The molecule has 2 aliphatic heterocycles. The van der Waals surface area contributed by atoms with Gasteiger partial charge in [-0.1, -0.05) is 0 Å². The molecular formula is C15H22N4O. The SMILES string of the molecule is CCNc1ncccc1C(=O)N1CCN2CCCC2C1. The first-order valence-corrected chi connectivity index (χ1v) is 7.52. The standard InChI is InChI=1S/C15H22N4O/c1-2-16-14-13(6-3-7-17-14)15(20)19-10-9-18-8-4-5-12(18)11-19/h3,6-7,12H,2,4-5,8-11H2,1H3,(H,16,17). The highest BCUT2D eigenvalue weighted by Gasteiger charge is 2.33. The highest BCUT2D eigenvalue weighted by molar-refractivity contribution is 5.98. The number of hydrogen-bond acceptors (Lipinski definition) is 4. The van der Waals surface area contributed by atoms with E-state index in [0.717, 1.165) is 26.2 Å². The monoisotopic (exact) mass is 274 g/mol. The maximum atomic E-state index is 12.7. The Morgan fingerprint density at radius 2 is 2.35 bits per heavy atom. The molecule has 1 amide bonds. The molecule has 2 saturated heterocycles. The van der Waals surface area contributed by atoms with E-state index in [1.54, 1.807) is 6.20 Å². The third-order valence-corrected chi connectivity index (χ3v) is 4.26. The maximum Gasteiger partial charge on any atom is 0.257 e. The minimum Gasteiger partial charge on any atom is -0.370 e. The molecule has 0 bridgehead atoms. The predicted octanol–water partition coefficient (Wildman–Crippen LogP) is 1.43. The zero-order valence-electron chi connectivity index (χ0n) is 12.0. The number of nitrogens with one attached hydrogen (secondary N) is 1. The molecule has 0 aliphatic carbocycles. The number of pyridine rings is 1. The third-order valence-electron chi connectivity index (χ3n) is 4.26. The summed E-state index contributed by atoms with van der Waals surface area (Å²) in [6, 6.07) is 4.26. The summed E-state index contributed by atoms with van der Waals surface area (Å²) in [5, 5.41) is 3.17. The average molecular weight is 274 g/mol. The molecule has 5 nitrogen and oxygen atoms in total. The second-order valence-corrected chi connectivity index (χ2v) is 5.51. The van der Waals surface area contributed by atoms with Crippen LogP contribution in [0.25, 0.3) is 0 Å². The fourth-order valence-electron chi connectivity index (χ4n) is 3.23. The third kappa shape index (κ3) is 2.50. The molecule has 3 heterocycles. The number of hydrogen-bond donors (Lipinski definition) is 1. The summed E-state index contributed by atoms with van der Waals surface area (Å²) < 4.78 is 0. The summed E-state index contributed by atoms with van der Waals surface area (Å²) in [6.07, 6.45) is 4.21. The van der Waals surface area contributed by atoms with E-state index in [2.05, 4.69) is 15.2 Å². The lowest BCUT2D eigenvalue weighted by molar-refractivity contribution is 0.0572. The van der Waals surface area contributed by atoms with E-state index in [1.165, 1.54) is 19.4 Å². The number of fused-ring (bicyclic) bond motifs is 1.